The molecule has 0 radical (unpaired) electrons. The predicted octanol–water partition coefficient (Wildman–Crippen LogP) is 1.02. The highest BCUT2D eigenvalue weighted by atomic mass is 16.2. The van der Waals surface area contributed by atoms with Crippen LogP contribution in [0.15, 0.2) is 24.3 Å². The Morgan fingerprint density at radius 2 is 1.86 bits per heavy atom. The van der Waals surface area contributed by atoms with Gasteiger partial charge < -0.3 is 5.32 Å². The van der Waals surface area contributed by atoms with Gasteiger partial charge in [0, 0.05) is 30.9 Å². The molecule has 1 spiro atoms. The van der Waals surface area contributed by atoms with Crippen molar-refractivity contribution in [2.45, 2.75) is 19.4 Å². The Hall–Kier alpha value is -1.72. The summed E-state index contributed by atoms with van der Waals surface area (Å²) < 4.78 is 0. The lowest BCUT2D eigenvalue weighted by atomic mass is 9.52. The number of Topliss-reactive ketones (excluding diaryl/α,β-unsaturated/α-hetero) is 1. The molecule has 5 unspecified atom stereocenters. The van der Waals surface area contributed by atoms with Gasteiger partial charge in [-0.3, -0.25) is 19.4 Å². The van der Waals surface area contributed by atoms with Gasteiger partial charge in [0.2, 0.25) is 0 Å². The van der Waals surface area contributed by atoms with Crippen molar-refractivity contribution in [3.8, 4) is 0 Å². The van der Waals surface area contributed by atoms with E-state index >= 15 is 0 Å². The lowest BCUT2D eigenvalue weighted by Gasteiger charge is -2.68. The van der Waals surface area contributed by atoms with E-state index in [0.717, 1.165) is 24.5 Å². The van der Waals surface area contributed by atoms with Crippen molar-refractivity contribution in [3.05, 3.63) is 29.8 Å². The summed E-state index contributed by atoms with van der Waals surface area (Å²) in [5.41, 5.74) is -0.0490. The maximum atomic E-state index is 13.3. The highest BCUT2D eigenvalue weighted by Gasteiger charge is 2.75. The summed E-state index contributed by atoms with van der Waals surface area (Å²) in [5, 5.41) is 3.02. The van der Waals surface area contributed by atoms with Crippen LogP contribution in [0, 0.1) is 10.8 Å². The largest absolute Gasteiger partial charge is 0.324 e. The maximum absolute atomic E-state index is 13.3. The number of carbonyl (C=O) groups excluding carboxylic acids is 2. The number of ketones is 1. The van der Waals surface area contributed by atoms with Gasteiger partial charge >= 0.3 is 0 Å². The average Bonchev–Trinajstić information content (AvgIpc) is 2.76. The first kappa shape index (κ1) is 12.8. The molecule has 1 aromatic rings. The Morgan fingerprint density at radius 1 is 1.09 bits per heavy atom. The van der Waals surface area contributed by atoms with E-state index in [1.807, 2.05) is 31.2 Å². The monoisotopic (exact) mass is 297 g/mol. The number of nitrogens with one attached hydrogen (secondary N) is 1. The molecule has 0 aliphatic carbocycles. The van der Waals surface area contributed by atoms with Crippen LogP contribution in [-0.2, 0) is 15.1 Å². The number of hydrogen-bond donors (Lipinski definition) is 1. The number of fused-ring (bicyclic) bond motifs is 1. The molecule has 5 heteroatoms. The summed E-state index contributed by atoms with van der Waals surface area (Å²) in [4.78, 5) is 30.9. The van der Waals surface area contributed by atoms with Crippen molar-refractivity contribution in [1.82, 2.24) is 9.80 Å². The fourth-order valence-electron chi connectivity index (χ4n) is 5.70. The van der Waals surface area contributed by atoms with Crippen LogP contribution in [0.2, 0.25) is 0 Å². The van der Waals surface area contributed by atoms with Crippen LogP contribution in [0.3, 0.4) is 0 Å². The van der Waals surface area contributed by atoms with E-state index in [9.17, 15) is 9.59 Å². The zero-order chi connectivity index (χ0) is 15.3. The summed E-state index contributed by atoms with van der Waals surface area (Å²) in [6.07, 6.45) is 0. The number of rotatable bonds is 0. The third-order valence-corrected chi connectivity index (χ3v) is 6.24. The van der Waals surface area contributed by atoms with Gasteiger partial charge in [-0.25, -0.2) is 0 Å². The Kier molecular flexibility index (Phi) is 2.00. The number of amides is 1. The first-order valence-corrected chi connectivity index (χ1v) is 7.85. The molecule has 0 saturated carbocycles. The van der Waals surface area contributed by atoms with Gasteiger partial charge in [-0.15, -0.1) is 0 Å². The van der Waals surface area contributed by atoms with Gasteiger partial charge in [-0.1, -0.05) is 25.1 Å². The van der Waals surface area contributed by atoms with Crippen molar-refractivity contribution < 1.29 is 9.59 Å². The molecule has 5 atom stereocenters. The van der Waals surface area contributed by atoms with Crippen LogP contribution < -0.4 is 5.32 Å². The second-order valence-electron chi connectivity index (χ2n) is 7.76. The molecule has 22 heavy (non-hydrogen) atoms. The van der Waals surface area contributed by atoms with E-state index in [-0.39, 0.29) is 17.1 Å². The topological polar surface area (TPSA) is 52.6 Å². The zero-order valence-corrected chi connectivity index (χ0v) is 12.8. The standard InChI is InChI=1S/C17H19N3O2/c1-15-7-19-9-16(2,13(15)21)17(20(8-15)10-19)11-5-3-4-6-12(11)18-14(17)22/h3-6H,7-10H2,1-2H3,(H,18,22). The average molecular weight is 297 g/mol. The Labute approximate surface area is 129 Å². The van der Waals surface area contributed by atoms with Gasteiger partial charge in [-0.05, 0) is 13.0 Å². The summed E-state index contributed by atoms with van der Waals surface area (Å²) in [5.74, 6) is 0.215. The van der Waals surface area contributed by atoms with Crippen molar-refractivity contribution in [1.29, 1.82) is 0 Å². The molecule has 5 aliphatic heterocycles. The van der Waals surface area contributed by atoms with E-state index in [1.54, 1.807) is 0 Å². The molecule has 1 N–H and O–H groups in total. The number of carbonyl (C=O) groups is 2. The van der Waals surface area contributed by atoms with Crippen LogP contribution in [0.25, 0.3) is 0 Å². The number of para-hydroxylation sites is 1. The highest BCUT2D eigenvalue weighted by molar-refractivity contribution is 6.12. The lowest BCUT2D eigenvalue weighted by molar-refractivity contribution is -0.220. The van der Waals surface area contributed by atoms with E-state index in [1.165, 1.54) is 0 Å². The minimum absolute atomic E-state index is 0.0341. The molecule has 1 amide bonds. The number of benzene rings is 1. The molecule has 5 heterocycles. The third-order valence-electron chi connectivity index (χ3n) is 6.24. The fraction of sp³-hybridized carbons (Fsp3) is 0.529. The van der Waals surface area contributed by atoms with Crippen LogP contribution in [0.1, 0.15) is 19.4 Å². The molecule has 4 saturated heterocycles. The smallest absolute Gasteiger partial charge is 0.250 e. The third kappa shape index (κ3) is 1.07. The summed E-state index contributed by atoms with van der Waals surface area (Å²) in [6, 6.07) is 7.83. The molecular weight excluding hydrogens is 278 g/mol. The van der Waals surface area contributed by atoms with Crippen LogP contribution in [-0.4, -0.2) is 47.8 Å². The minimum Gasteiger partial charge on any atom is -0.324 e. The van der Waals surface area contributed by atoms with Gasteiger partial charge in [0.25, 0.3) is 5.91 Å². The van der Waals surface area contributed by atoms with Gasteiger partial charge in [0.1, 0.15) is 5.54 Å². The normalized spacial score (nSPS) is 47.9. The highest BCUT2D eigenvalue weighted by Crippen LogP contribution is 2.62. The maximum Gasteiger partial charge on any atom is 0.250 e. The van der Waals surface area contributed by atoms with Crippen molar-refractivity contribution in [3.63, 3.8) is 0 Å². The zero-order valence-electron chi connectivity index (χ0n) is 12.8. The Bertz CT molecular complexity index is 747. The van der Waals surface area contributed by atoms with E-state index in [0.29, 0.717) is 13.1 Å². The molecule has 5 aliphatic rings. The first-order valence-electron chi connectivity index (χ1n) is 7.85. The van der Waals surface area contributed by atoms with Crippen LogP contribution >= 0.6 is 0 Å². The quantitative estimate of drug-likeness (QED) is 0.777. The molecule has 114 valence electrons. The molecule has 5 nitrogen and oxygen atoms in total. The molecule has 0 aromatic heterocycles. The van der Waals surface area contributed by atoms with Crippen LogP contribution in [0.5, 0.6) is 0 Å². The van der Waals surface area contributed by atoms with Gasteiger partial charge in [-0.2, -0.15) is 0 Å². The first-order chi connectivity index (χ1) is 10.4. The number of anilines is 1. The molecule has 4 fully saturated rings. The lowest BCUT2D eigenvalue weighted by Crippen LogP contribution is -2.83. The van der Waals surface area contributed by atoms with Crippen molar-refractivity contribution in [2.75, 3.05) is 31.6 Å². The number of piperidine rings is 2. The second kappa shape index (κ2) is 3.44. The molecular formula is C17H19N3O2. The Morgan fingerprint density at radius 3 is 2.68 bits per heavy atom. The van der Waals surface area contributed by atoms with E-state index in [2.05, 4.69) is 22.0 Å². The van der Waals surface area contributed by atoms with E-state index < -0.39 is 11.0 Å². The summed E-state index contributed by atoms with van der Waals surface area (Å²) in [6.45, 7) is 6.96. The number of nitrogens with zero attached hydrogens (tertiary/aromatic N) is 2. The Balaban J connectivity index is 1.83. The molecule has 4 bridgehead atoms. The van der Waals surface area contributed by atoms with Crippen LogP contribution in [0.4, 0.5) is 5.69 Å². The number of hydrogen-bond acceptors (Lipinski definition) is 4. The fourth-order valence-corrected chi connectivity index (χ4v) is 5.70. The van der Waals surface area contributed by atoms with Gasteiger partial charge in [0.05, 0.1) is 17.5 Å². The van der Waals surface area contributed by atoms with E-state index in [4.69, 9.17) is 0 Å². The summed E-state index contributed by atoms with van der Waals surface area (Å²) >= 11 is 0. The van der Waals surface area contributed by atoms with Crippen molar-refractivity contribution in [2.24, 2.45) is 10.8 Å². The van der Waals surface area contributed by atoms with Crippen molar-refractivity contribution >= 4 is 17.4 Å². The second-order valence-corrected chi connectivity index (χ2v) is 7.76. The van der Waals surface area contributed by atoms with Gasteiger partial charge in [0.15, 0.2) is 5.78 Å². The predicted molar refractivity (Wildman–Crippen MR) is 81.1 cm³/mol. The minimum atomic E-state index is -0.836. The molecule has 6 rings (SSSR count). The summed E-state index contributed by atoms with van der Waals surface area (Å²) in [7, 11) is 0. The molecule has 1 aromatic carbocycles. The SMILES string of the molecule is CC12CN3CN(C1)C1(C(=O)Nc4ccccc41)C(C)(C3)C2=O.